The van der Waals surface area contributed by atoms with Crippen molar-refractivity contribution >= 4 is 18.3 Å². The van der Waals surface area contributed by atoms with Gasteiger partial charge >= 0.3 is 7.12 Å². The molecule has 3 rings (SSSR count). The van der Waals surface area contributed by atoms with E-state index in [-0.39, 0.29) is 6.10 Å². The van der Waals surface area contributed by atoms with E-state index in [0.717, 1.165) is 5.46 Å². The summed E-state index contributed by atoms with van der Waals surface area (Å²) in [6.45, 7) is 9.93. The third-order valence-corrected chi connectivity index (χ3v) is 4.67. The summed E-state index contributed by atoms with van der Waals surface area (Å²) in [4.78, 5) is 4.10. The molecule has 0 aliphatic carbocycles. The number of nitrogens with zero attached hydrogens (tertiary/aromatic N) is 1. The van der Waals surface area contributed by atoms with Crippen molar-refractivity contribution in [3.05, 3.63) is 36.5 Å². The van der Waals surface area contributed by atoms with E-state index in [4.69, 9.17) is 24.2 Å². The highest BCUT2D eigenvalue weighted by molar-refractivity contribution is 6.62. The third kappa shape index (κ3) is 3.01. The molecule has 1 saturated heterocycles. The number of benzene rings is 1. The molecule has 0 bridgehead atoms. The molecule has 1 fully saturated rings. The van der Waals surface area contributed by atoms with Gasteiger partial charge in [-0.1, -0.05) is 6.07 Å². The molecule has 6 nitrogen and oxygen atoms in total. The lowest BCUT2D eigenvalue weighted by Crippen LogP contribution is -2.41. The van der Waals surface area contributed by atoms with Gasteiger partial charge < -0.3 is 24.2 Å². The predicted octanol–water partition coefficient (Wildman–Crippen LogP) is 2.70. The first-order valence-electron chi connectivity index (χ1n) is 8.01. The molecule has 1 atom stereocenters. The molecule has 0 saturated carbocycles. The molecule has 1 aliphatic rings. The monoisotopic (exact) mass is 330 g/mol. The van der Waals surface area contributed by atoms with Crippen LogP contribution in [0.15, 0.2) is 35.1 Å². The summed E-state index contributed by atoms with van der Waals surface area (Å²) in [5.74, 6) is 1.04. The van der Waals surface area contributed by atoms with E-state index in [1.54, 1.807) is 12.3 Å². The zero-order chi connectivity index (χ0) is 17.5. The summed E-state index contributed by atoms with van der Waals surface area (Å²) in [5.41, 5.74) is 6.64. The summed E-state index contributed by atoms with van der Waals surface area (Å²) >= 11 is 0. The van der Waals surface area contributed by atoms with E-state index in [2.05, 4.69) is 4.98 Å². The maximum Gasteiger partial charge on any atom is 0.494 e. The molecule has 0 radical (unpaired) electrons. The zero-order valence-electron chi connectivity index (χ0n) is 14.7. The molecule has 1 unspecified atom stereocenters. The van der Waals surface area contributed by atoms with E-state index in [1.165, 1.54) is 6.26 Å². The Morgan fingerprint density at radius 1 is 1.17 bits per heavy atom. The van der Waals surface area contributed by atoms with Crippen LogP contribution in [0.25, 0.3) is 0 Å². The number of hydrogen-bond acceptors (Lipinski definition) is 6. The quantitative estimate of drug-likeness (QED) is 0.686. The van der Waals surface area contributed by atoms with Crippen LogP contribution in [0, 0.1) is 0 Å². The SMILES string of the molecule is CC(Oc1cc(B2OC(C)(C)C(C)(C)O2)ccc1N)c1ncco1. The Kier molecular flexibility index (Phi) is 4.09. The van der Waals surface area contributed by atoms with Crippen LogP contribution in [0.2, 0.25) is 0 Å². The highest BCUT2D eigenvalue weighted by Crippen LogP contribution is 2.37. The lowest BCUT2D eigenvalue weighted by molar-refractivity contribution is 0.00578. The van der Waals surface area contributed by atoms with Crippen LogP contribution in [0.3, 0.4) is 0 Å². The fourth-order valence-corrected chi connectivity index (χ4v) is 2.45. The number of hydrogen-bond donors (Lipinski definition) is 1. The Morgan fingerprint density at radius 3 is 2.42 bits per heavy atom. The van der Waals surface area contributed by atoms with Crippen molar-refractivity contribution in [1.29, 1.82) is 0 Å². The van der Waals surface area contributed by atoms with Gasteiger partial charge in [-0.05, 0) is 52.2 Å². The molecule has 0 spiro atoms. The largest absolute Gasteiger partial charge is 0.494 e. The van der Waals surface area contributed by atoms with Gasteiger partial charge in [0, 0.05) is 0 Å². The Balaban J connectivity index is 1.82. The maximum absolute atomic E-state index is 6.07. The molecular formula is C17H23BN2O4. The molecule has 7 heteroatoms. The molecule has 2 N–H and O–H groups in total. The second-order valence-electron chi connectivity index (χ2n) is 7.02. The molecule has 2 aromatic rings. The number of ether oxygens (including phenoxy) is 1. The van der Waals surface area contributed by atoms with E-state index in [0.29, 0.717) is 17.3 Å². The van der Waals surface area contributed by atoms with Gasteiger partial charge in [0.15, 0.2) is 6.10 Å². The molecule has 0 amide bonds. The van der Waals surface area contributed by atoms with Gasteiger partial charge in [0.05, 0.1) is 23.1 Å². The van der Waals surface area contributed by atoms with Gasteiger partial charge in [-0.15, -0.1) is 0 Å². The number of aromatic nitrogens is 1. The fourth-order valence-electron chi connectivity index (χ4n) is 2.45. The van der Waals surface area contributed by atoms with Crippen molar-refractivity contribution in [2.75, 3.05) is 5.73 Å². The van der Waals surface area contributed by atoms with Gasteiger partial charge in [0.1, 0.15) is 12.0 Å². The van der Waals surface area contributed by atoms with Gasteiger partial charge in [0.25, 0.3) is 0 Å². The first-order chi connectivity index (χ1) is 11.2. The Bertz CT molecular complexity index is 699. The molecule has 24 heavy (non-hydrogen) atoms. The highest BCUT2D eigenvalue weighted by Gasteiger charge is 2.51. The van der Waals surface area contributed by atoms with Crippen LogP contribution in [0.4, 0.5) is 5.69 Å². The van der Waals surface area contributed by atoms with Crippen LogP contribution in [0.5, 0.6) is 5.75 Å². The van der Waals surface area contributed by atoms with Crippen molar-refractivity contribution in [3.8, 4) is 5.75 Å². The molecule has 1 aromatic carbocycles. The average Bonchev–Trinajstić information content (AvgIpc) is 3.08. The second kappa shape index (κ2) is 5.83. The number of nitrogen functional groups attached to an aromatic ring is 1. The Hall–Kier alpha value is -1.99. The minimum Gasteiger partial charge on any atom is -0.479 e. The van der Waals surface area contributed by atoms with Crippen LogP contribution in [-0.2, 0) is 9.31 Å². The van der Waals surface area contributed by atoms with Gasteiger partial charge in [0.2, 0.25) is 5.89 Å². The summed E-state index contributed by atoms with van der Waals surface area (Å²) in [6.07, 6.45) is 2.74. The van der Waals surface area contributed by atoms with E-state index >= 15 is 0 Å². The summed E-state index contributed by atoms with van der Waals surface area (Å²) in [7, 11) is -0.463. The van der Waals surface area contributed by atoms with Crippen molar-refractivity contribution < 1.29 is 18.5 Å². The normalized spacial score (nSPS) is 20.1. The van der Waals surface area contributed by atoms with E-state index in [1.807, 2.05) is 46.8 Å². The fraction of sp³-hybridized carbons (Fsp3) is 0.471. The van der Waals surface area contributed by atoms with Crippen molar-refractivity contribution in [2.24, 2.45) is 0 Å². The molecule has 1 aliphatic heterocycles. The minimum absolute atomic E-state index is 0.351. The van der Waals surface area contributed by atoms with Gasteiger partial charge in [-0.25, -0.2) is 4.98 Å². The van der Waals surface area contributed by atoms with Crippen LogP contribution in [0.1, 0.15) is 46.6 Å². The summed E-state index contributed by atoms with van der Waals surface area (Å²) < 4.78 is 23.3. The lowest BCUT2D eigenvalue weighted by Gasteiger charge is -2.32. The minimum atomic E-state index is -0.463. The molecule has 2 heterocycles. The van der Waals surface area contributed by atoms with Crippen molar-refractivity contribution in [3.63, 3.8) is 0 Å². The van der Waals surface area contributed by atoms with E-state index < -0.39 is 18.3 Å². The van der Waals surface area contributed by atoms with Crippen molar-refractivity contribution in [1.82, 2.24) is 4.98 Å². The maximum atomic E-state index is 6.07. The number of nitrogens with two attached hydrogens (primary N) is 1. The van der Waals surface area contributed by atoms with Crippen LogP contribution < -0.4 is 15.9 Å². The highest BCUT2D eigenvalue weighted by atomic mass is 16.7. The second-order valence-corrected chi connectivity index (χ2v) is 7.02. The summed E-state index contributed by atoms with van der Waals surface area (Å²) in [5, 5.41) is 0. The van der Waals surface area contributed by atoms with E-state index in [9.17, 15) is 0 Å². The van der Waals surface area contributed by atoms with Crippen molar-refractivity contribution in [2.45, 2.75) is 51.9 Å². The number of anilines is 1. The number of oxazole rings is 1. The molecule has 1 aromatic heterocycles. The number of rotatable bonds is 4. The average molecular weight is 330 g/mol. The standard InChI is InChI=1S/C17H23BN2O4/c1-11(15-20-8-9-21-15)22-14-10-12(6-7-13(14)19)18-23-16(2,3)17(4,5)24-18/h6-11H,19H2,1-5H3. The first-order valence-corrected chi connectivity index (χ1v) is 8.01. The van der Waals surface area contributed by atoms with Crippen LogP contribution in [-0.4, -0.2) is 23.3 Å². The Labute approximate surface area is 142 Å². The molecular weight excluding hydrogens is 307 g/mol. The van der Waals surface area contributed by atoms with Gasteiger partial charge in [-0.2, -0.15) is 0 Å². The zero-order valence-corrected chi connectivity index (χ0v) is 14.7. The predicted molar refractivity (Wildman–Crippen MR) is 92.1 cm³/mol. The first kappa shape index (κ1) is 16.9. The van der Waals surface area contributed by atoms with Crippen LogP contribution >= 0.6 is 0 Å². The third-order valence-electron chi connectivity index (χ3n) is 4.67. The smallest absolute Gasteiger partial charge is 0.479 e. The topological polar surface area (TPSA) is 79.7 Å². The Morgan fingerprint density at radius 2 is 1.83 bits per heavy atom. The summed E-state index contributed by atoms with van der Waals surface area (Å²) in [6, 6.07) is 5.52. The van der Waals surface area contributed by atoms with Gasteiger partial charge in [-0.3, -0.25) is 0 Å². The lowest BCUT2D eigenvalue weighted by atomic mass is 9.79. The molecule has 128 valence electrons.